The van der Waals surface area contributed by atoms with Gasteiger partial charge in [-0.25, -0.2) is 0 Å². The van der Waals surface area contributed by atoms with E-state index in [0.29, 0.717) is 12.5 Å². The van der Waals surface area contributed by atoms with E-state index >= 15 is 0 Å². The second-order valence-electron chi connectivity index (χ2n) is 4.13. The monoisotopic (exact) mass is 282 g/mol. The third-order valence-electron chi connectivity index (χ3n) is 2.90. The van der Waals surface area contributed by atoms with Gasteiger partial charge in [-0.3, -0.25) is 0 Å². The lowest BCUT2D eigenvalue weighted by atomic mass is 9.96. The topological polar surface area (TPSA) is 26.3 Å². The Hall–Kier alpha value is -0.830. The zero-order chi connectivity index (χ0) is 11.4. The summed E-state index contributed by atoms with van der Waals surface area (Å²) in [5.41, 5.74) is 1.12. The summed E-state index contributed by atoms with van der Waals surface area (Å²) >= 11 is 3.44. The normalized spacial score (nSPS) is 15.6. The molecule has 1 aliphatic rings. The summed E-state index contributed by atoms with van der Waals surface area (Å²) in [7, 11) is 0. The van der Waals surface area contributed by atoms with E-state index in [2.05, 4.69) is 15.9 Å². The molecule has 86 valence electrons. The van der Waals surface area contributed by atoms with E-state index in [0.717, 1.165) is 41.3 Å². The van der Waals surface area contributed by atoms with Gasteiger partial charge in [-0.1, -0.05) is 15.9 Å². The molecule has 0 N–H and O–H groups in total. The Labute approximate surface area is 104 Å². The lowest BCUT2D eigenvalue weighted by molar-refractivity contribution is -0.107. The Morgan fingerprint density at radius 1 is 1.44 bits per heavy atom. The molecule has 1 saturated carbocycles. The van der Waals surface area contributed by atoms with E-state index in [1.54, 1.807) is 0 Å². The van der Waals surface area contributed by atoms with Crippen molar-refractivity contribution < 1.29 is 9.53 Å². The van der Waals surface area contributed by atoms with Crippen LogP contribution in [0.1, 0.15) is 31.2 Å². The fraction of sp³-hybridized carbons (Fsp3) is 0.462. The minimum atomic E-state index is 0.385. The first-order chi connectivity index (χ1) is 7.79. The smallest absolute Gasteiger partial charge is 0.122 e. The van der Waals surface area contributed by atoms with Crippen LogP contribution in [0.2, 0.25) is 0 Å². The summed E-state index contributed by atoms with van der Waals surface area (Å²) < 4.78 is 6.93. The van der Waals surface area contributed by atoms with Gasteiger partial charge in [0.15, 0.2) is 0 Å². The number of aryl methyl sites for hydroxylation is 1. The number of hydrogen-bond acceptors (Lipinski definition) is 2. The fourth-order valence-corrected chi connectivity index (χ4v) is 2.15. The molecule has 1 aromatic carbocycles. The van der Waals surface area contributed by atoms with Gasteiger partial charge in [0.05, 0.1) is 6.10 Å². The largest absolute Gasteiger partial charge is 0.490 e. The Morgan fingerprint density at radius 3 is 2.88 bits per heavy atom. The molecule has 0 atom stereocenters. The Kier molecular flexibility index (Phi) is 3.99. The second kappa shape index (κ2) is 5.48. The number of halogens is 1. The van der Waals surface area contributed by atoms with Crippen molar-refractivity contribution in [1.29, 1.82) is 0 Å². The van der Waals surface area contributed by atoms with Gasteiger partial charge in [0, 0.05) is 10.9 Å². The molecule has 0 radical (unpaired) electrons. The van der Waals surface area contributed by atoms with Crippen LogP contribution in [-0.4, -0.2) is 12.4 Å². The first-order valence-electron chi connectivity index (χ1n) is 5.68. The van der Waals surface area contributed by atoms with E-state index in [1.807, 2.05) is 18.2 Å². The molecule has 2 rings (SSSR count). The maximum atomic E-state index is 10.4. The average molecular weight is 283 g/mol. The summed E-state index contributed by atoms with van der Waals surface area (Å²) in [6.45, 7) is 0. The van der Waals surface area contributed by atoms with Crippen LogP contribution in [0.15, 0.2) is 22.7 Å². The first-order valence-corrected chi connectivity index (χ1v) is 6.47. The molecule has 0 amide bonds. The highest BCUT2D eigenvalue weighted by Gasteiger charge is 2.20. The SMILES string of the molecule is O=CCCc1cc(Br)ccc1OC1CCC1. The molecule has 1 fully saturated rings. The highest BCUT2D eigenvalue weighted by Crippen LogP contribution is 2.30. The van der Waals surface area contributed by atoms with Crippen molar-refractivity contribution >= 4 is 22.2 Å². The number of carbonyl (C=O) groups excluding carboxylic acids is 1. The number of rotatable bonds is 5. The van der Waals surface area contributed by atoms with Crippen LogP contribution in [0, 0.1) is 0 Å². The van der Waals surface area contributed by atoms with Crippen molar-refractivity contribution in [3.05, 3.63) is 28.2 Å². The summed E-state index contributed by atoms with van der Waals surface area (Å²) in [4.78, 5) is 10.4. The van der Waals surface area contributed by atoms with Gasteiger partial charge in [-0.05, 0) is 49.4 Å². The van der Waals surface area contributed by atoms with Crippen LogP contribution in [0.3, 0.4) is 0 Å². The summed E-state index contributed by atoms with van der Waals surface area (Å²) in [6, 6.07) is 6.01. The Balaban J connectivity index is 2.10. The van der Waals surface area contributed by atoms with E-state index < -0.39 is 0 Å². The van der Waals surface area contributed by atoms with E-state index in [1.165, 1.54) is 6.42 Å². The van der Waals surface area contributed by atoms with Crippen LogP contribution < -0.4 is 4.74 Å². The van der Waals surface area contributed by atoms with Crippen molar-refractivity contribution in [2.24, 2.45) is 0 Å². The summed E-state index contributed by atoms with van der Waals surface area (Å²) in [5, 5.41) is 0. The van der Waals surface area contributed by atoms with Crippen LogP contribution >= 0.6 is 15.9 Å². The van der Waals surface area contributed by atoms with E-state index in [-0.39, 0.29) is 0 Å². The van der Waals surface area contributed by atoms with E-state index in [4.69, 9.17) is 4.74 Å². The van der Waals surface area contributed by atoms with Crippen LogP contribution in [0.5, 0.6) is 5.75 Å². The first kappa shape index (κ1) is 11.6. The minimum absolute atomic E-state index is 0.385. The van der Waals surface area contributed by atoms with Gasteiger partial charge < -0.3 is 9.53 Å². The molecule has 1 aliphatic carbocycles. The summed E-state index contributed by atoms with van der Waals surface area (Å²) in [6.07, 6.45) is 6.23. The molecular formula is C13H15BrO2. The van der Waals surface area contributed by atoms with Gasteiger partial charge in [0.1, 0.15) is 12.0 Å². The number of aldehydes is 1. The second-order valence-corrected chi connectivity index (χ2v) is 5.04. The Bertz CT molecular complexity index is 372. The predicted molar refractivity (Wildman–Crippen MR) is 66.8 cm³/mol. The molecule has 2 nitrogen and oxygen atoms in total. The molecule has 1 aromatic rings. The van der Waals surface area contributed by atoms with Gasteiger partial charge in [-0.2, -0.15) is 0 Å². The van der Waals surface area contributed by atoms with Gasteiger partial charge in [0.25, 0.3) is 0 Å². The van der Waals surface area contributed by atoms with Gasteiger partial charge in [-0.15, -0.1) is 0 Å². The quantitative estimate of drug-likeness (QED) is 0.773. The van der Waals surface area contributed by atoms with Crippen molar-refractivity contribution in [3.63, 3.8) is 0 Å². The molecule has 0 heterocycles. The maximum Gasteiger partial charge on any atom is 0.122 e. The van der Waals surface area contributed by atoms with Crippen molar-refractivity contribution in [2.45, 2.75) is 38.2 Å². The zero-order valence-corrected chi connectivity index (χ0v) is 10.7. The number of benzene rings is 1. The molecule has 0 unspecified atom stereocenters. The third kappa shape index (κ3) is 2.85. The lowest BCUT2D eigenvalue weighted by Gasteiger charge is -2.27. The van der Waals surface area contributed by atoms with Gasteiger partial charge >= 0.3 is 0 Å². The number of ether oxygens (including phenoxy) is 1. The highest BCUT2D eigenvalue weighted by molar-refractivity contribution is 9.10. The average Bonchev–Trinajstić information content (AvgIpc) is 2.22. The molecule has 0 aromatic heterocycles. The molecule has 0 spiro atoms. The number of hydrogen-bond donors (Lipinski definition) is 0. The van der Waals surface area contributed by atoms with Crippen molar-refractivity contribution in [1.82, 2.24) is 0 Å². The zero-order valence-electron chi connectivity index (χ0n) is 9.12. The van der Waals surface area contributed by atoms with Crippen molar-refractivity contribution in [3.8, 4) is 5.75 Å². The lowest BCUT2D eigenvalue weighted by Crippen LogP contribution is -2.25. The predicted octanol–water partition coefficient (Wildman–Crippen LogP) is 3.51. The molecule has 16 heavy (non-hydrogen) atoms. The van der Waals surface area contributed by atoms with Crippen molar-refractivity contribution in [2.75, 3.05) is 0 Å². The molecule has 3 heteroatoms. The van der Waals surface area contributed by atoms with Gasteiger partial charge in [0.2, 0.25) is 0 Å². The molecular weight excluding hydrogens is 268 g/mol. The van der Waals surface area contributed by atoms with Crippen LogP contribution in [0.4, 0.5) is 0 Å². The molecule has 0 aliphatic heterocycles. The Morgan fingerprint density at radius 2 is 2.25 bits per heavy atom. The maximum absolute atomic E-state index is 10.4. The number of carbonyl (C=O) groups is 1. The molecule has 0 saturated heterocycles. The summed E-state index contributed by atoms with van der Waals surface area (Å²) in [5.74, 6) is 0.940. The minimum Gasteiger partial charge on any atom is -0.490 e. The van der Waals surface area contributed by atoms with Crippen LogP contribution in [-0.2, 0) is 11.2 Å². The standard InChI is InChI=1S/C13H15BrO2/c14-11-6-7-13(16-12-4-1-5-12)10(9-11)3-2-8-15/h6-9,12H,1-5H2. The fourth-order valence-electron chi connectivity index (χ4n) is 1.74. The van der Waals surface area contributed by atoms with E-state index in [9.17, 15) is 4.79 Å². The third-order valence-corrected chi connectivity index (χ3v) is 3.39. The molecule has 0 bridgehead atoms. The van der Waals surface area contributed by atoms with Crippen LogP contribution in [0.25, 0.3) is 0 Å². The highest BCUT2D eigenvalue weighted by atomic mass is 79.9.